The number of aliphatic imine (C=N–C) groups is 1. The number of hydrogen-bond donors (Lipinski definition) is 2. The van der Waals surface area contributed by atoms with Crippen LogP contribution in [0.2, 0.25) is 0 Å². The number of nitrogens with one attached hydrogen (secondary N) is 2. The molecule has 2 heterocycles. The summed E-state index contributed by atoms with van der Waals surface area (Å²) in [6, 6.07) is 0. The molecule has 0 radical (unpaired) electrons. The number of hydrogen-bond acceptors (Lipinski definition) is 4. The van der Waals surface area contributed by atoms with Crippen molar-refractivity contribution in [2.45, 2.75) is 66.4 Å². The summed E-state index contributed by atoms with van der Waals surface area (Å²) >= 11 is 0. The topological polar surface area (TPSA) is 52.1 Å². The molecule has 2 N–H and O–H groups in total. The monoisotopic (exact) mass is 537 g/mol. The number of unbranched alkanes of at least 4 members (excludes halogenated alkanes) is 1. The van der Waals surface area contributed by atoms with Crippen LogP contribution in [0.1, 0.15) is 60.3 Å². The molecule has 2 aliphatic heterocycles. The fourth-order valence-corrected chi connectivity index (χ4v) is 4.53. The summed E-state index contributed by atoms with van der Waals surface area (Å²) in [7, 11) is 0. The lowest BCUT2D eigenvalue weighted by atomic mass is 9.78. The van der Waals surface area contributed by atoms with E-state index in [9.17, 15) is 0 Å². The number of ether oxygens (including phenoxy) is 1. The molecule has 2 rings (SSSR count). The van der Waals surface area contributed by atoms with Crippen LogP contribution in [0.25, 0.3) is 0 Å². The molecular weight excluding hydrogens is 489 g/mol. The maximum Gasteiger partial charge on any atom is 0.191 e. The molecule has 0 aromatic carbocycles. The number of guanidine groups is 1. The highest BCUT2D eigenvalue weighted by Crippen LogP contribution is 2.34. The van der Waals surface area contributed by atoms with Crippen LogP contribution in [0.3, 0.4) is 0 Å². The van der Waals surface area contributed by atoms with Gasteiger partial charge in [0.25, 0.3) is 0 Å². The van der Waals surface area contributed by atoms with Gasteiger partial charge in [-0.05, 0) is 51.1 Å². The first-order chi connectivity index (χ1) is 13.9. The molecule has 2 atom stereocenters. The minimum Gasteiger partial charge on any atom is -0.377 e. The molecule has 0 bridgehead atoms. The van der Waals surface area contributed by atoms with Crippen molar-refractivity contribution in [3.05, 3.63) is 0 Å². The maximum absolute atomic E-state index is 6.11. The summed E-state index contributed by atoms with van der Waals surface area (Å²) in [6.45, 7) is 22.2. The summed E-state index contributed by atoms with van der Waals surface area (Å²) in [6.07, 6.45) is 5.12. The highest BCUT2D eigenvalue weighted by molar-refractivity contribution is 14.0. The lowest BCUT2D eigenvalue weighted by molar-refractivity contribution is -0.0823. The molecule has 0 aromatic rings. The van der Waals surface area contributed by atoms with E-state index in [1.54, 1.807) is 0 Å². The number of halogens is 1. The third-order valence-electron chi connectivity index (χ3n) is 6.23. The van der Waals surface area contributed by atoms with Crippen LogP contribution in [0.5, 0.6) is 0 Å². The Balaban J connectivity index is 0.00000450. The van der Waals surface area contributed by atoms with E-state index in [1.165, 1.54) is 58.5 Å². The van der Waals surface area contributed by atoms with Crippen molar-refractivity contribution in [3.63, 3.8) is 0 Å². The Hall–Kier alpha value is -0.120. The Labute approximate surface area is 203 Å². The minimum atomic E-state index is 0. The van der Waals surface area contributed by atoms with Crippen molar-refractivity contribution in [2.24, 2.45) is 16.3 Å². The largest absolute Gasteiger partial charge is 0.377 e. The van der Waals surface area contributed by atoms with Gasteiger partial charge in [0.05, 0.1) is 6.10 Å². The number of rotatable bonds is 9. The zero-order valence-corrected chi connectivity index (χ0v) is 22.5. The molecule has 2 fully saturated rings. The standard InChI is InChI=1S/C23H47N5O.HI/c1-6-24-22(26-19-20-11-10-18-29-21(20)23(3,4)5)25-12-8-9-13-28-16-14-27(7-2)15-17-28;/h20-21H,6-19H2,1-5H3,(H2,24,25,26);1H. The summed E-state index contributed by atoms with van der Waals surface area (Å²) in [5.41, 5.74) is 0.176. The van der Waals surface area contributed by atoms with Gasteiger partial charge in [-0.25, -0.2) is 0 Å². The van der Waals surface area contributed by atoms with Gasteiger partial charge in [0, 0.05) is 58.3 Å². The van der Waals surface area contributed by atoms with Crippen LogP contribution in [0.15, 0.2) is 4.99 Å². The Morgan fingerprint density at radius 3 is 2.37 bits per heavy atom. The smallest absolute Gasteiger partial charge is 0.191 e. The first-order valence-corrected chi connectivity index (χ1v) is 12.0. The van der Waals surface area contributed by atoms with Crippen molar-refractivity contribution in [1.29, 1.82) is 0 Å². The van der Waals surface area contributed by atoms with Crippen LogP contribution in [0.4, 0.5) is 0 Å². The van der Waals surface area contributed by atoms with Crippen molar-refractivity contribution in [3.8, 4) is 0 Å². The summed E-state index contributed by atoms with van der Waals surface area (Å²) in [5, 5.41) is 6.95. The van der Waals surface area contributed by atoms with Crippen LogP contribution >= 0.6 is 24.0 Å². The Morgan fingerprint density at radius 2 is 1.73 bits per heavy atom. The maximum atomic E-state index is 6.11. The van der Waals surface area contributed by atoms with Crippen LogP contribution in [-0.4, -0.2) is 87.4 Å². The predicted octanol–water partition coefficient (Wildman–Crippen LogP) is 3.42. The Morgan fingerprint density at radius 1 is 1.03 bits per heavy atom. The molecule has 0 saturated carbocycles. The van der Waals surface area contributed by atoms with Gasteiger partial charge in [0.15, 0.2) is 5.96 Å². The molecule has 0 aliphatic carbocycles. The molecule has 0 spiro atoms. The fraction of sp³-hybridized carbons (Fsp3) is 0.957. The Bertz CT molecular complexity index is 475. The van der Waals surface area contributed by atoms with Gasteiger partial charge in [-0.1, -0.05) is 27.7 Å². The average molecular weight is 538 g/mol. The van der Waals surface area contributed by atoms with Crippen molar-refractivity contribution < 1.29 is 4.74 Å². The van der Waals surface area contributed by atoms with Crippen LogP contribution in [0, 0.1) is 11.3 Å². The summed E-state index contributed by atoms with van der Waals surface area (Å²) in [5.74, 6) is 1.48. The lowest BCUT2D eigenvalue weighted by Crippen LogP contribution is -2.46. The molecule has 2 saturated heterocycles. The van der Waals surface area contributed by atoms with Crippen molar-refractivity contribution >= 4 is 29.9 Å². The van der Waals surface area contributed by atoms with E-state index in [4.69, 9.17) is 9.73 Å². The summed E-state index contributed by atoms with van der Waals surface area (Å²) < 4.78 is 6.11. The first kappa shape index (κ1) is 27.9. The molecular formula is C23H48IN5O. The molecule has 2 unspecified atom stereocenters. The van der Waals surface area contributed by atoms with Crippen LogP contribution < -0.4 is 10.6 Å². The van der Waals surface area contributed by atoms with E-state index in [1.807, 2.05) is 0 Å². The third kappa shape index (κ3) is 10.0. The normalized spacial score (nSPS) is 24.4. The van der Waals surface area contributed by atoms with Gasteiger partial charge < -0.3 is 25.2 Å². The molecule has 0 aromatic heterocycles. The second-order valence-corrected chi connectivity index (χ2v) is 9.69. The molecule has 30 heavy (non-hydrogen) atoms. The number of piperazine rings is 1. The molecule has 0 amide bonds. The zero-order valence-electron chi connectivity index (χ0n) is 20.2. The molecule has 7 heteroatoms. The van der Waals surface area contributed by atoms with Crippen LogP contribution in [-0.2, 0) is 4.74 Å². The quantitative estimate of drug-likeness (QED) is 0.204. The van der Waals surface area contributed by atoms with Crippen molar-refractivity contribution in [1.82, 2.24) is 20.4 Å². The number of likely N-dealkylation sites (N-methyl/N-ethyl adjacent to an activating group) is 1. The zero-order chi connectivity index (χ0) is 21.1. The van der Waals surface area contributed by atoms with Gasteiger partial charge in [0.1, 0.15) is 0 Å². The van der Waals surface area contributed by atoms with E-state index in [0.29, 0.717) is 12.0 Å². The summed E-state index contributed by atoms with van der Waals surface area (Å²) in [4.78, 5) is 10.1. The minimum absolute atomic E-state index is 0. The second kappa shape index (κ2) is 14.9. The van der Waals surface area contributed by atoms with Gasteiger partial charge in [0.2, 0.25) is 0 Å². The van der Waals surface area contributed by atoms with E-state index in [-0.39, 0.29) is 29.4 Å². The lowest BCUT2D eigenvalue weighted by Gasteiger charge is -2.39. The molecule has 2 aliphatic rings. The first-order valence-electron chi connectivity index (χ1n) is 12.0. The second-order valence-electron chi connectivity index (χ2n) is 9.69. The SMILES string of the molecule is CCNC(=NCC1CCCOC1C(C)(C)C)NCCCCN1CCN(CC)CC1.I. The van der Waals surface area contributed by atoms with Gasteiger partial charge >= 0.3 is 0 Å². The van der Waals surface area contributed by atoms with E-state index in [2.05, 4.69) is 55.1 Å². The number of nitrogens with zero attached hydrogens (tertiary/aromatic N) is 3. The van der Waals surface area contributed by atoms with Crippen molar-refractivity contribution in [2.75, 3.05) is 65.5 Å². The third-order valence-corrected chi connectivity index (χ3v) is 6.23. The predicted molar refractivity (Wildman–Crippen MR) is 139 cm³/mol. The molecule has 178 valence electrons. The average Bonchev–Trinajstić information content (AvgIpc) is 2.71. The van der Waals surface area contributed by atoms with Gasteiger partial charge in [-0.15, -0.1) is 24.0 Å². The fourth-order valence-electron chi connectivity index (χ4n) is 4.53. The molecule has 6 nitrogen and oxygen atoms in total. The van der Waals surface area contributed by atoms with E-state index >= 15 is 0 Å². The van der Waals surface area contributed by atoms with E-state index in [0.717, 1.165) is 38.6 Å². The van der Waals surface area contributed by atoms with Gasteiger partial charge in [-0.3, -0.25) is 4.99 Å². The highest BCUT2D eigenvalue weighted by atomic mass is 127. The Kier molecular flexibility index (Phi) is 13.8. The highest BCUT2D eigenvalue weighted by Gasteiger charge is 2.35. The van der Waals surface area contributed by atoms with E-state index < -0.39 is 0 Å². The van der Waals surface area contributed by atoms with Gasteiger partial charge in [-0.2, -0.15) is 0 Å².